The first kappa shape index (κ1) is 16.8. The Balaban J connectivity index is 1.57. The van der Waals surface area contributed by atoms with Gasteiger partial charge in [-0.05, 0) is 30.4 Å². The van der Waals surface area contributed by atoms with Crippen molar-refractivity contribution in [2.45, 2.75) is 25.8 Å². The van der Waals surface area contributed by atoms with Crippen molar-refractivity contribution in [1.29, 1.82) is 0 Å². The number of nitrogens with zero attached hydrogens (tertiary/aromatic N) is 4. The van der Waals surface area contributed by atoms with Crippen LogP contribution in [-0.4, -0.2) is 48.0 Å². The first-order valence-corrected chi connectivity index (χ1v) is 9.05. The molecule has 2 aromatic rings. The summed E-state index contributed by atoms with van der Waals surface area (Å²) in [7, 11) is 3.53. The number of hydrogen-bond donors (Lipinski definition) is 0. The minimum atomic E-state index is -0.311. The Morgan fingerprint density at radius 3 is 2.58 bits per heavy atom. The molecule has 3 heterocycles. The zero-order valence-electron chi connectivity index (χ0n) is 15.3. The lowest BCUT2D eigenvalue weighted by molar-refractivity contribution is -0.142. The Morgan fingerprint density at radius 1 is 1.12 bits per heavy atom. The zero-order valence-corrected chi connectivity index (χ0v) is 15.3. The Kier molecular flexibility index (Phi) is 4.26. The second-order valence-corrected chi connectivity index (χ2v) is 7.29. The number of anilines is 1. The fourth-order valence-corrected chi connectivity index (χ4v) is 4.23. The van der Waals surface area contributed by atoms with Crippen LogP contribution in [0.2, 0.25) is 0 Å². The molecule has 0 bridgehead atoms. The Hall–Kier alpha value is -2.63. The quantitative estimate of drug-likeness (QED) is 0.830. The third-order valence-corrected chi connectivity index (χ3v) is 5.74. The number of fused-ring (bicyclic) bond motifs is 1. The van der Waals surface area contributed by atoms with E-state index in [1.807, 2.05) is 18.0 Å². The molecule has 6 nitrogen and oxygen atoms in total. The summed E-state index contributed by atoms with van der Waals surface area (Å²) in [4.78, 5) is 25.8. The number of piperidine rings is 1. The van der Waals surface area contributed by atoms with E-state index in [9.17, 15) is 4.79 Å². The number of aromatic nitrogens is 2. The van der Waals surface area contributed by atoms with Crippen LogP contribution >= 0.6 is 0 Å². The summed E-state index contributed by atoms with van der Waals surface area (Å²) >= 11 is 0. The van der Waals surface area contributed by atoms with E-state index in [4.69, 9.17) is 4.74 Å². The monoisotopic (exact) mass is 352 g/mol. The summed E-state index contributed by atoms with van der Waals surface area (Å²) in [6.07, 6.45) is 4.01. The minimum Gasteiger partial charge on any atom is -0.481 e. The molecule has 1 spiro atoms. The average Bonchev–Trinajstić information content (AvgIpc) is 2.78. The van der Waals surface area contributed by atoms with Gasteiger partial charge in [0.15, 0.2) is 0 Å². The molecule has 0 saturated carbocycles. The molecule has 0 unspecified atom stereocenters. The summed E-state index contributed by atoms with van der Waals surface area (Å²) in [5.41, 5.74) is 2.26. The van der Waals surface area contributed by atoms with Crippen molar-refractivity contribution in [3.8, 4) is 5.88 Å². The predicted octanol–water partition coefficient (Wildman–Crippen LogP) is 2.29. The molecule has 0 radical (unpaired) electrons. The average molecular weight is 352 g/mol. The zero-order chi connectivity index (χ0) is 18.1. The number of ether oxygens (including phenoxy) is 1. The highest BCUT2D eigenvalue weighted by Crippen LogP contribution is 2.41. The highest BCUT2D eigenvalue weighted by molar-refractivity contribution is 5.84. The summed E-state index contributed by atoms with van der Waals surface area (Å²) in [6, 6.07) is 10.3. The van der Waals surface area contributed by atoms with Crippen molar-refractivity contribution in [2.75, 3.05) is 32.1 Å². The van der Waals surface area contributed by atoms with Crippen LogP contribution in [-0.2, 0) is 17.8 Å². The van der Waals surface area contributed by atoms with Gasteiger partial charge in [-0.3, -0.25) is 4.79 Å². The van der Waals surface area contributed by atoms with Gasteiger partial charge < -0.3 is 14.5 Å². The van der Waals surface area contributed by atoms with E-state index in [1.54, 1.807) is 7.11 Å². The molecule has 0 aliphatic carbocycles. The van der Waals surface area contributed by atoms with Gasteiger partial charge in [0.05, 0.1) is 12.5 Å². The topological polar surface area (TPSA) is 58.6 Å². The molecule has 1 aromatic carbocycles. The number of carbonyl (C=O) groups is 1. The molecule has 2 aliphatic rings. The van der Waals surface area contributed by atoms with E-state index in [-0.39, 0.29) is 11.3 Å². The lowest BCUT2D eigenvalue weighted by Gasteiger charge is -2.41. The molecular formula is C20H24N4O2. The second kappa shape index (κ2) is 6.59. The molecule has 26 heavy (non-hydrogen) atoms. The van der Waals surface area contributed by atoms with Crippen molar-refractivity contribution >= 4 is 11.7 Å². The van der Waals surface area contributed by atoms with Crippen LogP contribution in [0.5, 0.6) is 5.88 Å². The molecule has 1 amide bonds. The van der Waals surface area contributed by atoms with Gasteiger partial charge in [0, 0.05) is 32.7 Å². The summed E-state index contributed by atoms with van der Waals surface area (Å²) in [5.74, 6) is 1.70. The van der Waals surface area contributed by atoms with Gasteiger partial charge in [0.1, 0.15) is 12.1 Å². The van der Waals surface area contributed by atoms with Gasteiger partial charge in [-0.15, -0.1) is 0 Å². The Bertz CT molecular complexity index is 815. The SMILES string of the molecule is COc1cc(N2CCC3(CC2)Cc2ccccc2CN(C)C3=O)ncn1. The molecule has 1 aromatic heterocycles. The van der Waals surface area contributed by atoms with Crippen LogP contribution in [0, 0.1) is 5.41 Å². The summed E-state index contributed by atoms with van der Waals surface area (Å²) < 4.78 is 5.20. The maximum atomic E-state index is 13.2. The third kappa shape index (κ3) is 2.89. The van der Waals surface area contributed by atoms with Crippen LogP contribution in [0.25, 0.3) is 0 Å². The van der Waals surface area contributed by atoms with E-state index in [1.165, 1.54) is 17.5 Å². The van der Waals surface area contributed by atoms with Gasteiger partial charge in [-0.1, -0.05) is 24.3 Å². The molecule has 4 rings (SSSR count). The van der Waals surface area contributed by atoms with Crippen molar-refractivity contribution in [1.82, 2.24) is 14.9 Å². The van der Waals surface area contributed by atoms with Crippen molar-refractivity contribution < 1.29 is 9.53 Å². The van der Waals surface area contributed by atoms with E-state index in [0.29, 0.717) is 12.4 Å². The summed E-state index contributed by atoms with van der Waals surface area (Å²) in [6.45, 7) is 2.31. The third-order valence-electron chi connectivity index (χ3n) is 5.74. The van der Waals surface area contributed by atoms with Gasteiger partial charge >= 0.3 is 0 Å². The second-order valence-electron chi connectivity index (χ2n) is 7.29. The van der Waals surface area contributed by atoms with Gasteiger partial charge in [0.25, 0.3) is 0 Å². The number of carbonyl (C=O) groups excluding carboxylic acids is 1. The first-order valence-electron chi connectivity index (χ1n) is 9.05. The number of rotatable bonds is 2. The van der Waals surface area contributed by atoms with Crippen LogP contribution < -0.4 is 9.64 Å². The van der Waals surface area contributed by atoms with Crippen molar-refractivity contribution in [3.05, 3.63) is 47.8 Å². The molecule has 2 aliphatic heterocycles. The largest absolute Gasteiger partial charge is 0.481 e. The lowest BCUT2D eigenvalue weighted by Crippen LogP contribution is -2.49. The van der Waals surface area contributed by atoms with Gasteiger partial charge in [-0.2, -0.15) is 0 Å². The van der Waals surface area contributed by atoms with Crippen LogP contribution in [0.15, 0.2) is 36.7 Å². The maximum absolute atomic E-state index is 13.2. The molecule has 136 valence electrons. The Morgan fingerprint density at radius 2 is 1.85 bits per heavy atom. The van der Waals surface area contributed by atoms with E-state index < -0.39 is 0 Å². The molecule has 6 heteroatoms. The molecule has 1 fully saturated rings. The highest BCUT2D eigenvalue weighted by Gasteiger charge is 2.45. The number of hydrogen-bond acceptors (Lipinski definition) is 5. The first-order chi connectivity index (χ1) is 12.6. The van der Waals surface area contributed by atoms with Crippen molar-refractivity contribution in [3.63, 3.8) is 0 Å². The fourth-order valence-electron chi connectivity index (χ4n) is 4.23. The molecular weight excluding hydrogens is 328 g/mol. The lowest BCUT2D eigenvalue weighted by atomic mass is 9.73. The van der Waals surface area contributed by atoms with Gasteiger partial charge in [0.2, 0.25) is 11.8 Å². The van der Waals surface area contributed by atoms with Crippen LogP contribution in [0.3, 0.4) is 0 Å². The van der Waals surface area contributed by atoms with E-state index >= 15 is 0 Å². The van der Waals surface area contributed by atoms with Crippen LogP contribution in [0.4, 0.5) is 5.82 Å². The molecule has 0 atom stereocenters. The number of benzene rings is 1. The molecule has 1 saturated heterocycles. The van der Waals surface area contributed by atoms with Crippen molar-refractivity contribution in [2.24, 2.45) is 5.41 Å². The normalized spacial score (nSPS) is 19.2. The number of amides is 1. The highest BCUT2D eigenvalue weighted by atomic mass is 16.5. The smallest absolute Gasteiger partial charge is 0.229 e. The number of methoxy groups -OCH3 is 1. The molecule has 0 N–H and O–H groups in total. The standard InChI is InChI=1S/C20H24N4O2/c1-23-13-16-6-4-3-5-15(16)12-20(19(23)25)7-9-24(10-8-20)17-11-18(26-2)22-14-21-17/h3-6,11,14H,7-10,12-13H2,1-2H3. The predicted molar refractivity (Wildman–Crippen MR) is 99.1 cm³/mol. The minimum absolute atomic E-state index is 0.272. The van der Waals surface area contributed by atoms with E-state index in [0.717, 1.165) is 38.2 Å². The van der Waals surface area contributed by atoms with Crippen LogP contribution in [0.1, 0.15) is 24.0 Å². The Labute approximate surface area is 153 Å². The fraction of sp³-hybridized carbons (Fsp3) is 0.450. The summed E-state index contributed by atoms with van der Waals surface area (Å²) in [5, 5.41) is 0. The van der Waals surface area contributed by atoms with E-state index in [2.05, 4.69) is 39.1 Å². The maximum Gasteiger partial charge on any atom is 0.229 e. The van der Waals surface area contributed by atoms with Gasteiger partial charge in [-0.25, -0.2) is 9.97 Å².